The molecule has 2 aliphatic rings. The predicted molar refractivity (Wildman–Crippen MR) is 130 cm³/mol. The zero-order valence-electron chi connectivity index (χ0n) is 18.4. The van der Waals surface area contributed by atoms with Gasteiger partial charge in [-0.15, -0.1) is 0 Å². The molecule has 2 heterocycles. The normalized spacial score (nSPS) is 17.5. The molecule has 0 aliphatic carbocycles. The Hall–Kier alpha value is -3.68. The Balaban J connectivity index is 1.29. The highest BCUT2D eigenvalue weighted by Gasteiger charge is 2.28. The average molecular weight is 478 g/mol. The van der Waals surface area contributed by atoms with E-state index in [1.54, 1.807) is 12.1 Å². The Bertz CT molecular complexity index is 1150. The van der Waals surface area contributed by atoms with Crippen LogP contribution in [0, 0.1) is 21.4 Å². The molecule has 4 rings (SSSR count). The van der Waals surface area contributed by atoms with Crippen molar-refractivity contribution in [2.45, 2.75) is 13.0 Å². The number of amidine groups is 1. The van der Waals surface area contributed by atoms with E-state index in [1.165, 1.54) is 23.9 Å². The van der Waals surface area contributed by atoms with Gasteiger partial charge in [-0.3, -0.25) is 19.8 Å². The number of carbonyl (C=O) groups excluding carboxylic acids is 1. The zero-order chi connectivity index (χ0) is 23.9. The fourth-order valence-corrected chi connectivity index (χ4v) is 4.56. The van der Waals surface area contributed by atoms with Gasteiger partial charge in [0.2, 0.25) is 0 Å². The van der Waals surface area contributed by atoms with Crippen LogP contribution in [0.15, 0.2) is 58.4 Å². The number of ether oxygens (including phenoxy) is 1. The van der Waals surface area contributed by atoms with E-state index in [4.69, 9.17) is 10.00 Å². The molecule has 2 aliphatic heterocycles. The number of nitriles is 1. The largest absolute Gasteiger partial charge is 0.489 e. The summed E-state index contributed by atoms with van der Waals surface area (Å²) in [5, 5.41) is 20.2. The molecule has 1 fully saturated rings. The van der Waals surface area contributed by atoms with Crippen LogP contribution in [0.3, 0.4) is 0 Å². The molecule has 9 nitrogen and oxygen atoms in total. The summed E-state index contributed by atoms with van der Waals surface area (Å²) in [6, 6.07) is 15.8. The van der Waals surface area contributed by atoms with Crippen molar-refractivity contribution < 1.29 is 14.5 Å². The number of carbonyl (C=O) groups is 1. The molecule has 0 unspecified atom stereocenters. The summed E-state index contributed by atoms with van der Waals surface area (Å²) in [4.78, 5) is 31.9. The van der Waals surface area contributed by atoms with Crippen LogP contribution in [0.5, 0.6) is 5.75 Å². The van der Waals surface area contributed by atoms with E-state index in [-0.39, 0.29) is 11.6 Å². The van der Waals surface area contributed by atoms with Gasteiger partial charge in [-0.1, -0.05) is 12.1 Å². The van der Waals surface area contributed by atoms with E-state index >= 15 is 0 Å². The van der Waals surface area contributed by atoms with Crippen LogP contribution in [-0.4, -0.2) is 58.5 Å². The maximum atomic E-state index is 12.4. The van der Waals surface area contributed by atoms with Crippen LogP contribution in [0.4, 0.5) is 5.69 Å². The zero-order valence-corrected chi connectivity index (χ0v) is 19.2. The molecule has 0 aromatic heterocycles. The molecule has 0 saturated carbocycles. The van der Waals surface area contributed by atoms with Gasteiger partial charge in [0, 0.05) is 51.3 Å². The van der Waals surface area contributed by atoms with Gasteiger partial charge >= 0.3 is 0 Å². The van der Waals surface area contributed by atoms with Crippen LogP contribution in [0.1, 0.15) is 17.5 Å². The van der Waals surface area contributed by atoms with E-state index in [1.807, 2.05) is 30.3 Å². The molecule has 0 spiro atoms. The molecule has 2 aromatic rings. The van der Waals surface area contributed by atoms with Crippen LogP contribution < -0.4 is 4.74 Å². The van der Waals surface area contributed by atoms with Crippen molar-refractivity contribution in [3.8, 4) is 11.8 Å². The van der Waals surface area contributed by atoms with E-state index in [0.29, 0.717) is 23.7 Å². The fraction of sp³-hybridized carbons (Fsp3) is 0.292. The number of rotatable bonds is 7. The summed E-state index contributed by atoms with van der Waals surface area (Å²) in [6.07, 6.45) is 2.36. The van der Waals surface area contributed by atoms with Crippen molar-refractivity contribution in [3.05, 3.63) is 74.7 Å². The van der Waals surface area contributed by atoms with Crippen LogP contribution in [0.25, 0.3) is 6.08 Å². The minimum Gasteiger partial charge on any atom is -0.489 e. The number of benzene rings is 2. The van der Waals surface area contributed by atoms with E-state index < -0.39 is 4.92 Å². The van der Waals surface area contributed by atoms with Crippen LogP contribution in [-0.2, 0) is 11.4 Å². The van der Waals surface area contributed by atoms with Crippen molar-refractivity contribution in [3.63, 3.8) is 0 Å². The third kappa shape index (κ3) is 6.01. The number of nitro groups is 1. The molecule has 0 N–H and O–H groups in total. The Morgan fingerprint density at radius 3 is 2.47 bits per heavy atom. The topological polar surface area (TPSA) is 112 Å². The summed E-state index contributed by atoms with van der Waals surface area (Å²) in [6.45, 7) is 4.37. The van der Waals surface area contributed by atoms with E-state index in [0.717, 1.165) is 49.0 Å². The van der Waals surface area contributed by atoms with Crippen molar-refractivity contribution >= 4 is 34.6 Å². The molecule has 0 atom stereocenters. The van der Waals surface area contributed by atoms with Gasteiger partial charge in [0.1, 0.15) is 12.4 Å². The molecule has 0 radical (unpaired) electrons. The van der Waals surface area contributed by atoms with Gasteiger partial charge < -0.3 is 9.64 Å². The summed E-state index contributed by atoms with van der Waals surface area (Å²) < 4.78 is 5.75. The Morgan fingerprint density at radius 1 is 1.12 bits per heavy atom. The van der Waals surface area contributed by atoms with E-state index in [2.05, 4.69) is 20.9 Å². The van der Waals surface area contributed by atoms with E-state index in [9.17, 15) is 14.9 Å². The second-order valence-electron chi connectivity index (χ2n) is 7.83. The van der Waals surface area contributed by atoms with Gasteiger partial charge in [0.15, 0.2) is 5.17 Å². The lowest BCUT2D eigenvalue weighted by molar-refractivity contribution is -0.384. The highest BCUT2D eigenvalue weighted by molar-refractivity contribution is 8.18. The van der Waals surface area contributed by atoms with Gasteiger partial charge in [-0.2, -0.15) is 10.3 Å². The van der Waals surface area contributed by atoms with Crippen molar-refractivity contribution in [2.24, 2.45) is 4.99 Å². The summed E-state index contributed by atoms with van der Waals surface area (Å²) in [5.41, 5.74) is 1.75. The average Bonchev–Trinajstić information content (AvgIpc) is 3.22. The Kier molecular flexibility index (Phi) is 7.57. The first-order chi connectivity index (χ1) is 16.5. The lowest BCUT2D eigenvalue weighted by Gasteiger charge is -2.34. The first-order valence-electron chi connectivity index (χ1n) is 10.8. The molecule has 2 aromatic carbocycles. The quantitative estimate of drug-likeness (QED) is 0.337. The van der Waals surface area contributed by atoms with Gasteiger partial charge in [0.05, 0.1) is 15.9 Å². The maximum absolute atomic E-state index is 12.4. The lowest BCUT2D eigenvalue weighted by Crippen LogP contribution is -2.47. The SMILES string of the molecule is N#CCCN1CCN(C2=NC(=O)C(=Cc3ccc(OCc4ccc([N+](=O)[O-])cc4)cc3)S2)CC1. The minimum absolute atomic E-state index is 0.0467. The highest BCUT2D eigenvalue weighted by atomic mass is 32.2. The molecule has 174 valence electrons. The van der Waals surface area contributed by atoms with Crippen molar-refractivity contribution in [1.82, 2.24) is 9.80 Å². The third-order valence-electron chi connectivity index (χ3n) is 5.52. The van der Waals surface area contributed by atoms with Crippen LogP contribution >= 0.6 is 11.8 Å². The smallest absolute Gasteiger partial charge is 0.286 e. The molecular weight excluding hydrogens is 454 g/mol. The number of amides is 1. The number of aliphatic imine (C=N–C) groups is 1. The van der Waals surface area contributed by atoms with Gasteiger partial charge in [0.25, 0.3) is 11.6 Å². The molecule has 34 heavy (non-hydrogen) atoms. The Morgan fingerprint density at radius 2 is 1.82 bits per heavy atom. The monoisotopic (exact) mass is 477 g/mol. The van der Waals surface area contributed by atoms with Gasteiger partial charge in [-0.25, -0.2) is 0 Å². The lowest BCUT2D eigenvalue weighted by atomic mass is 10.2. The number of non-ortho nitro benzene ring substituents is 1. The predicted octanol–water partition coefficient (Wildman–Crippen LogP) is 3.68. The summed E-state index contributed by atoms with van der Waals surface area (Å²) >= 11 is 1.39. The number of hydrogen-bond acceptors (Lipinski definition) is 8. The standard InChI is InChI=1S/C24H23N5O4S/c25-10-1-11-27-12-14-28(15-13-27)24-26-23(30)22(34-24)16-18-4-8-21(9-5-18)33-17-19-2-6-20(7-3-19)29(31)32/h2-9,16H,1,11-15,17H2. The fourth-order valence-electron chi connectivity index (χ4n) is 3.60. The molecule has 1 saturated heterocycles. The first-order valence-corrected chi connectivity index (χ1v) is 11.7. The number of nitro benzene ring substituents is 1. The Labute approximate surface area is 201 Å². The van der Waals surface area contributed by atoms with Crippen molar-refractivity contribution in [2.75, 3.05) is 32.7 Å². The molecule has 10 heteroatoms. The first kappa shape index (κ1) is 23.5. The maximum Gasteiger partial charge on any atom is 0.286 e. The molecule has 0 bridgehead atoms. The third-order valence-corrected chi connectivity index (χ3v) is 6.57. The van der Waals surface area contributed by atoms with Gasteiger partial charge in [-0.05, 0) is 53.2 Å². The number of thioether (sulfide) groups is 1. The second-order valence-corrected chi connectivity index (χ2v) is 8.84. The molecular formula is C24H23N5O4S. The number of hydrogen-bond donors (Lipinski definition) is 0. The molecule has 1 amide bonds. The van der Waals surface area contributed by atoms with Crippen LogP contribution in [0.2, 0.25) is 0 Å². The number of piperazine rings is 1. The summed E-state index contributed by atoms with van der Waals surface area (Å²) in [7, 11) is 0. The van der Waals surface area contributed by atoms with Crippen molar-refractivity contribution in [1.29, 1.82) is 5.26 Å². The minimum atomic E-state index is -0.432. The number of nitrogens with zero attached hydrogens (tertiary/aromatic N) is 5. The summed E-state index contributed by atoms with van der Waals surface area (Å²) in [5.74, 6) is 0.433. The second kappa shape index (κ2) is 11.0. The highest BCUT2D eigenvalue weighted by Crippen LogP contribution is 2.31.